The molecule has 1 amide bonds. The minimum atomic E-state index is -0.154. The van der Waals surface area contributed by atoms with Crippen LogP contribution in [0.1, 0.15) is 34.4 Å². The van der Waals surface area contributed by atoms with Gasteiger partial charge in [-0.05, 0) is 36.2 Å². The number of aryl methyl sites for hydroxylation is 2. The van der Waals surface area contributed by atoms with Crippen LogP contribution in [0, 0.1) is 0 Å². The molecule has 24 heavy (non-hydrogen) atoms. The Kier molecular flexibility index (Phi) is 4.95. The fourth-order valence-electron chi connectivity index (χ4n) is 2.40. The van der Waals surface area contributed by atoms with Crippen LogP contribution in [-0.2, 0) is 20.0 Å². The summed E-state index contributed by atoms with van der Waals surface area (Å²) in [7, 11) is 1.86. The molecule has 3 aromatic rings. The van der Waals surface area contributed by atoms with Crippen molar-refractivity contribution in [1.82, 2.24) is 29.7 Å². The van der Waals surface area contributed by atoms with Crippen molar-refractivity contribution < 1.29 is 4.79 Å². The van der Waals surface area contributed by atoms with E-state index in [1.165, 1.54) is 0 Å². The SMILES string of the molecule is CCCc1nnsc1C(=O)NCc1cc(-c2ccccn2)n(C)n1. The summed E-state index contributed by atoms with van der Waals surface area (Å²) in [5.41, 5.74) is 3.30. The number of amides is 1. The van der Waals surface area contributed by atoms with Crippen LogP contribution in [0.5, 0.6) is 0 Å². The number of carbonyl (C=O) groups excluding carboxylic acids is 1. The molecule has 0 radical (unpaired) electrons. The third kappa shape index (κ3) is 3.48. The largest absolute Gasteiger partial charge is 0.346 e. The third-order valence-electron chi connectivity index (χ3n) is 3.54. The number of aromatic nitrogens is 5. The summed E-state index contributed by atoms with van der Waals surface area (Å²) in [4.78, 5) is 17.2. The van der Waals surface area contributed by atoms with E-state index < -0.39 is 0 Å². The lowest BCUT2D eigenvalue weighted by Crippen LogP contribution is -2.23. The van der Waals surface area contributed by atoms with Crippen LogP contribution >= 0.6 is 11.5 Å². The number of nitrogens with zero attached hydrogens (tertiary/aromatic N) is 5. The van der Waals surface area contributed by atoms with E-state index in [1.54, 1.807) is 10.9 Å². The van der Waals surface area contributed by atoms with Gasteiger partial charge >= 0.3 is 0 Å². The van der Waals surface area contributed by atoms with Crippen molar-refractivity contribution >= 4 is 17.4 Å². The average molecular weight is 342 g/mol. The molecule has 3 aromatic heterocycles. The molecule has 0 aliphatic rings. The Morgan fingerprint density at radius 2 is 2.25 bits per heavy atom. The zero-order valence-corrected chi connectivity index (χ0v) is 14.4. The van der Waals surface area contributed by atoms with Crippen molar-refractivity contribution in [2.45, 2.75) is 26.3 Å². The number of nitrogens with one attached hydrogen (secondary N) is 1. The standard InChI is InChI=1S/C16H18N6OS/c1-3-6-13-15(24-21-19-13)16(23)18-10-11-9-14(22(2)20-11)12-7-4-5-8-17-12/h4-5,7-9H,3,6,10H2,1-2H3,(H,18,23). The van der Waals surface area contributed by atoms with Crippen LogP contribution in [0.2, 0.25) is 0 Å². The second-order valence-electron chi connectivity index (χ2n) is 5.34. The monoisotopic (exact) mass is 342 g/mol. The van der Waals surface area contributed by atoms with Crippen molar-refractivity contribution in [1.29, 1.82) is 0 Å². The van der Waals surface area contributed by atoms with Crippen molar-refractivity contribution in [3.05, 3.63) is 46.7 Å². The zero-order chi connectivity index (χ0) is 16.9. The first-order valence-corrected chi connectivity index (χ1v) is 8.50. The Balaban J connectivity index is 1.69. The van der Waals surface area contributed by atoms with Crippen LogP contribution in [0.3, 0.4) is 0 Å². The molecule has 0 saturated carbocycles. The van der Waals surface area contributed by atoms with Gasteiger partial charge in [-0.3, -0.25) is 14.5 Å². The summed E-state index contributed by atoms with van der Waals surface area (Å²) >= 11 is 1.13. The molecule has 0 spiro atoms. The lowest BCUT2D eigenvalue weighted by Gasteiger charge is -2.01. The van der Waals surface area contributed by atoms with E-state index in [0.717, 1.165) is 47.1 Å². The number of pyridine rings is 1. The predicted octanol–water partition coefficient (Wildman–Crippen LogP) is 2.22. The van der Waals surface area contributed by atoms with Crippen molar-refractivity contribution in [3.8, 4) is 11.4 Å². The molecule has 3 heterocycles. The van der Waals surface area contributed by atoms with Crippen LogP contribution in [0.25, 0.3) is 11.4 Å². The maximum absolute atomic E-state index is 12.3. The van der Waals surface area contributed by atoms with Gasteiger partial charge in [-0.2, -0.15) is 5.10 Å². The summed E-state index contributed by atoms with van der Waals surface area (Å²) < 4.78 is 5.64. The smallest absolute Gasteiger partial charge is 0.265 e. The maximum Gasteiger partial charge on any atom is 0.265 e. The molecule has 8 heteroatoms. The van der Waals surface area contributed by atoms with Gasteiger partial charge in [0.1, 0.15) is 4.88 Å². The van der Waals surface area contributed by atoms with Crippen molar-refractivity contribution in [2.24, 2.45) is 7.05 Å². The molecule has 0 bridgehead atoms. The van der Waals surface area contributed by atoms with Gasteiger partial charge in [0.2, 0.25) is 0 Å². The highest BCUT2D eigenvalue weighted by Gasteiger charge is 2.16. The van der Waals surface area contributed by atoms with E-state index in [2.05, 4.69) is 25.0 Å². The van der Waals surface area contributed by atoms with Crippen LogP contribution < -0.4 is 5.32 Å². The molecule has 0 aliphatic heterocycles. The molecule has 7 nitrogen and oxygen atoms in total. The highest BCUT2D eigenvalue weighted by molar-refractivity contribution is 7.08. The summed E-state index contributed by atoms with van der Waals surface area (Å²) in [6, 6.07) is 7.67. The Morgan fingerprint density at radius 3 is 3.00 bits per heavy atom. The van der Waals surface area contributed by atoms with Gasteiger partial charge in [-0.15, -0.1) is 5.10 Å². The maximum atomic E-state index is 12.3. The first-order chi connectivity index (χ1) is 11.7. The second kappa shape index (κ2) is 7.31. The van der Waals surface area contributed by atoms with Gasteiger partial charge in [-0.1, -0.05) is 23.9 Å². The molecule has 0 atom stereocenters. The van der Waals surface area contributed by atoms with E-state index >= 15 is 0 Å². The predicted molar refractivity (Wildman–Crippen MR) is 91.5 cm³/mol. The molecule has 0 aliphatic carbocycles. The molecule has 0 fully saturated rings. The fraction of sp³-hybridized carbons (Fsp3) is 0.312. The molecule has 1 N–H and O–H groups in total. The van der Waals surface area contributed by atoms with Gasteiger partial charge in [0.05, 0.1) is 29.3 Å². The van der Waals surface area contributed by atoms with E-state index in [9.17, 15) is 4.79 Å². The molecule has 0 unspecified atom stereocenters. The lowest BCUT2D eigenvalue weighted by molar-refractivity contribution is 0.0953. The molecule has 124 valence electrons. The number of hydrogen-bond acceptors (Lipinski definition) is 6. The highest BCUT2D eigenvalue weighted by atomic mass is 32.1. The second-order valence-corrected chi connectivity index (χ2v) is 6.10. The van der Waals surface area contributed by atoms with Gasteiger partial charge in [-0.25, -0.2) is 0 Å². The fourth-order valence-corrected chi connectivity index (χ4v) is 3.02. The van der Waals surface area contributed by atoms with E-state index in [4.69, 9.17) is 0 Å². The summed E-state index contributed by atoms with van der Waals surface area (Å²) in [5.74, 6) is -0.154. The quantitative estimate of drug-likeness (QED) is 0.742. The molecule has 0 aromatic carbocycles. The number of hydrogen-bond donors (Lipinski definition) is 1. The van der Waals surface area contributed by atoms with Gasteiger partial charge in [0, 0.05) is 13.2 Å². The Labute approximate surface area is 143 Å². The molecule has 0 saturated heterocycles. The third-order valence-corrected chi connectivity index (χ3v) is 4.30. The highest BCUT2D eigenvalue weighted by Crippen LogP contribution is 2.17. The van der Waals surface area contributed by atoms with Gasteiger partial charge in [0.15, 0.2) is 0 Å². The first kappa shape index (κ1) is 16.3. The Bertz CT molecular complexity index is 826. The summed E-state index contributed by atoms with van der Waals surface area (Å²) in [5, 5.41) is 11.3. The summed E-state index contributed by atoms with van der Waals surface area (Å²) in [6.45, 7) is 2.40. The first-order valence-electron chi connectivity index (χ1n) is 7.72. The minimum Gasteiger partial charge on any atom is -0.346 e. The van der Waals surface area contributed by atoms with E-state index in [-0.39, 0.29) is 5.91 Å². The van der Waals surface area contributed by atoms with E-state index in [0.29, 0.717) is 11.4 Å². The van der Waals surface area contributed by atoms with Crippen LogP contribution in [0.15, 0.2) is 30.5 Å². The topological polar surface area (TPSA) is 85.6 Å². The van der Waals surface area contributed by atoms with Crippen LogP contribution in [0.4, 0.5) is 0 Å². The van der Waals surface area contributed by atoms with Gasteiger partial charge < -0.3 is 5.32 Å². The molecular formula is C16H18N6OS. The normalized spacial score (nSPS) is 10.8. The lowest BCUT2D eigenvalue weighted by atomic mass is 10.2. The zero-order valence-electron chi connectivity index (χ0n) is 13.6. The Hall–Kier alpha value is -2.61. The minimum absolute atomic E-state index is 0.154. The van der Waals surface area contributed by atoms with E-state index in [1.807, 2.05) is 38.2 Å². The summed E-state index contributed by atoms with van der Waals surface area (Å²) in [6.07, 6.45) is 3.43. The van der Waals surface area contributed by atoms with Gasteiger partial charge in [0.25, 0.3) is 5.91 Å². The van der Waals surface area contributed by atoms with Crippen molar-refractivity contribution in [3.63, 3.8) is 0 Å². The molecular weight excluding hydrogens is 324 g/mol. The van der Waals surface area contributed by atoms with Crippen molar-refractivity contribution in [2.75, 3.05) is 0 Å². The number of rotatable bonds is 6. The Morgan fingerprint density at radius 1 is 1.38 bits per heavy atom. The van der Waals surface area contributed by atoms with Crippen LogP contribution in [-0.4, -0.2) is 30.3 Å². The average Bonchev–Trinajstić information content (AvgIpc) is 3.20. The number of carbonyl (C=O) groups is 1. The molecule has 3 rings (SSSR count).